The molecule has 1 aliphatic heterocycles. The summed E-state index contributed by atoms with van der Waals surface area (Å²) in [6.07, 6.45) is -1.16. The Hall–Kier alpha value is -1.12. The predicted octanol–water partition coefficient (Wildman–Crippen LogP) is 1.78. The van der Waals surface area contributed by atoms with Gasteiger partial charge >= 0.3 is 6.09 Å². The van der Waals surface area contributed by atoms with Crippen molar-refractivity contribution in [3.63, 3.8) is 0 Å². The zero-order valence-corrected chi connectivity index (χ0v) is 12.5. The van der Waals surface area contributed by atoms with Crippen molar-refractivity contribution >= 4 is 32.0 Å². The number of amides is 1. The van der Waals surface area contributed by atoms with E-state index in [2.05, 4.69) is 21.2 Å². The van der Waals surface area contributed by atoms with Gasteiger partial charge < -0.3 is 10.4 Å². The number of hydrogen-bond donors (Lipinski definition) is 2. The summed E-state index contributed by atoms with van der Waals surface area (Å²) >= 11 is 3.32. The summed E-state index contributed by atoms with van der Waals surface area (Å²) in [7, 11) is -3.53. The molecule has 1 aliphatic rings. The van der Waals surface area contributed by atoms with Gasteiger partial charge in [-0.2, -0.15) is 4.31 Å². The summed E-state index contributed by atoms with van der Waals surface area (Å²) in [4.78, 5) is 10.7. The summed E-state index contributed by atoms with van der Waals surface area (Å²) in [5, 5.41) is 10.7. The van der Waals surface area contributed by atoms with Crippen molar-refractivity contribution < 1.29 is 18.3 Å². The van der Waals surface area contributed by atoms with Crippen molar-refractivity contribution in [2.45, 2.75) is 17.9 Å². The molecule has 1 aromatic carbocycles. The van der Waals surface area contributed by atoms with Crippen molar-refractivity contribution in [3.8, 4) is 0 Å². The van der Waals surface area contributed by atoms with Crippen LogP contribution in [0, 0.1) is 0 Å². The molecule has 1 amide bonds. The third kappa shape index (κ3) is 2.60. The lowest BCUT2D eigenvalue weighted by molar-refractivity contribution is 0.193. The molecular weight excluding hydrogens is 336 g/mol. The average Bonchev–Trinajstić information content (AvgIpc) is 2.49. The fourth-order valence-corrected chi connectivity index (χ4v) is 4.42. The molecule has 0 saturated carbocycles. The monoisotopic (exact) mass is 348 g/mol. The second kappa shape index (κ2) is 5.10. The smallest absolute Gasteiger partial charge is 0.404 e. The van der Waals surface area contributed by atoms with Crippen LogP contribution >= 0.6 is 15.9 Å². The van der Waals surface area contributed by atoms with Gasteiger partial charge in [-0.1, -0.05) is 15.9 Å². The number of carbonyl (C=O) groups is 1. The van der Waals surface area contributed by atoms with Crippen molar-refractivity contribution in [2.24, 2.45) is 0 Å². The second-order valence-electron chi connectivity index (χ2n) is 4.21. The third-order valence-corrected chi connectivity index (χ3v) is 5.59. The highest BCUT2D eigenvalue weighted by atomic mass is 79.9. The Kier molecular flexibility index (Phi) is 3.84. The molecule has 0 fully saturated rings. The quantitative estimate of drug-likeness (QED) is 0.871. The Morgan fingerprint density at radius 1 is 1.53 bits per heavy atom. The molecule has 0 radical (unpaired) electrons. The van der Waals surface area contributed by atoms with Gasteiger partial charge in [0.05, 0.1) is 4.90 Å². The molecule has 0 spiro atoms. The van der Waals surface area contributed by atoms with Gasteiger partial charge in [0, 0.05) is 23.6 Å². The maximum atomic E-state index is 12.3. The standard InChI is InChI=1S/C11H13BrN2O4S/c1-7-9-6-8(12)2-3-10(9)19(17,18)14(7)5-4-13-11(15)16/h2-3,6-7,13H,4-5H2,1H3,(H,15,16). The number of fused-ring (bicyclic) bond motifs is 1. The van der Waals surface area contributed by atoms with Crippen LogP contribution in [0.4, 0.5) is 4.79 Å². The zero-order valence-electron chi connectivity index (χ0n) is 10.1. The summed E-state index contributed by atoms with van der Waals surface area (Å²) in [5.74, 6) is 0. The first kappa shape index (κ1) is 14.3. The number of benzene rings is 1. The first-order valence-electron chi connectivity index (χ1n) is 5.62. The SMILES string of the molecule is CC1c2cc(Br)ccc2S(=O)(=O)N1CCNC(=O)O. The molecule has 1 heterocycles. The minimum absolute atomic E-state index is 0.0636. The van der Waals surface area contributed by atoms with E-state index in [9.17, 15) is 13.2 Å². The first-order chi connectivity index (χ1) is 8.84. The van der Waals surface area contributed by atoms with Gasteiger partial charge in [-0.15, -0.1) is 0 Å². The highest BCUT2D eigenvalue weighted by Gasteiger charge is 2.39. The van der Waals surface area contributed by atoms with Crippen LogP contribution in [0.1, 0.15) is 18.5 Å². The molecular formula is C11H13BrN2O4S. The van der Waals surface area contributed by atoms with Gasteiger partial charge in [-0.05, 0) is 30.7 Å². The molecule has 104 valence electrons. The Bertz CT molecular complexity index is 617. The molecule has 1 atom stereocenters. The van der Waals surface area contributed by atoms with Gasteiger partial charge in [0.25, 0.3) is 0 Å². The van der Waals surface area contributed by atoms with Crippen molar-refractivity contribution in [2.75, 3.05) is 13.1 Å². The van der Waals surface area contributed by atoms with Gasteiger partial charge in [0.2, 0.25) is 10.0 Å². The normalized spacial score (nSPS) is 21.1. The van der Waals surface area contributed by atoms with Gasteiger partial charge in [0.1, 0.15) is 0 Å². The maximum Gasteiger partial charge on any atom is 0.404 e. The second-order valence-corrected chi connectivity index (χ2v) is 6.98. The van der Waals surface area contributed by atoms with Gasteiger partial charge in [-0.25, -0.2) is 13.2 Å². The summed E-state index contributed by atoms with van der Waals surface area (Å²) < 4.78 is 26.8. The molecule has 8 heteroatoms. The third-order valence-electron chi connectivity index (χ3n) is 3.05. The van der Waals surface area contributed by atoms with Crippen LogP contribution in [-0.4, -0.2) is 37.0 Å². The predicted molar refractivity (Wildman–Crippen MR) is 72.5 cm³/mol. The highest BCUT2D eigenvalue weighted by molar-refractivity contribution is 9.10. The number of nitrogens with zero attached hydrogens (tertiary/aromatic N) is 1. The molecule has 1 aromatic rings. The highest BCUT2D eigenvalue weighted by Crippen LogP contribution is 2.39. The zero-order chi connectivity index (χ0) is 14.2. The fraction of sp³-hybridized carbons (Fsp3) is 0.364. The molecule has 0 aliphatic carbocycles. The van der Waals surface area contributed by atoms with Crippen LogP contribution in [0.25, 0.3) is 0 Å². The molecule has 2 rings (SSSR count). The number of hydrogen-bond acceptors (Lipinski definition) is 3. The van der Waals surface area contributed by atoms with E-state index in [4.69, 9.17) is 5.11 Å². The van der Waals surface area contributed by atoms with Crippen LogP contribution in [0.5, 0.6) is 0 Å². The fourth-order valence-electron chi connectivity index (χ4n) is 2.16. The number of halogens is 1. The van der Waals surface area contributed by atoms with E-state index in [1.807, 2.05) is 0 Å². The van der Waals surface area contributed by atoms with E-state index in [0.717, 1.165) is 10.0 Å². The van der Waals surface area contributed by atoms with Crippen LogP contribution in [-0.2, 0) is 10.0 Å². The van der Waals surface area contributed by atoms with Crippen molar-refractivity contribution in [3.05, 3.63) is 28.2 Å². The number of rotatable bonds is 3. The number of nitrogens with one attached hydrogen (secondary N) is 1. The minimum atomic E-state index is -3.53. The number of carboxylic acid groups (broad SMARTS) is 1. The summed E-state index contributed by atoms with van der Waals surface area (Å²) in [6.45, 7) is 1.97. The molecule has 6 nitrogen and oxygen atoms in total. The van der Waals surface area contributed by atoms with Crippen LogP contribution in [0.15, 0.2) is 27.6 Å². The summed E-state index contributed by atoms with van der Waals surface area (Å²) in [5.41, 5.74) is 0.727. The molecule has 0 saturated heterocycles. The Balaban J connectivity index is 2.27. The van der Waals surface area contributed by atoms with Crippen molar-refractivity contribution in [1.82, 2.24) is 9.62 Å². The Labute approximate surface area is 119 Å². The van der Waals surface area contributed by atoms with Gasteiger partial charge in [0.15, 0.2) is 0 Å². The van der Waals surface area contributed by atoms with Gasteiger partial charge in [-0.3, -0.25) is 0 Å². The first-order valence-corrected chi connectivity index (χ1v) is 7.85. The largest absolute Gasteiger partial charge is 0.465 e. The number of sulfonamides is 1. The summed E-state index contributed by atoms with van der Waals surface area (Å²) in [6, 6.07) is 4.73. The van der Waals surface area contributed by atoms with E-state index < -0.39 is 16.1 Å². The topological polar surface area (TPSA) is 86.7 Å². The minimum Gasteiger partial charge on any atom is -0.465 e. The van der Waals surface area contributed by atoms with E-state index in [1.165, 1.54) is 4.31 Å². The van der Waals surface area contributed by atoms with E-state index in [-0.39, 0.29) is 19.1 Å². The molecule has 2 N–H and O–H groups in total. The van der Waals surface area contributed by atoms with Crippen molar-refractivity contribution in [1.29, 1.82) is 0 Å². The molecule has 0 aromatic heterocycles. The van der Waals surface area contributed by atoms with Crippen LogP contribution in [0.3, 0.4) is 0 Å². The lowest BCUT2D eigenvalue weighted by Gasteiger charge is -2.19. The molecule has 1 unspecified atom stereocenters. The van der Waals surface area contributed by atoms with E-state index in [1.54, 1.807) is 25.1 Å². The van der Waals surface area contributed by atoms with Crippen LogP contribution < -0.4 is 5.32 Å². The molecule has 0 bridgehead atoms. The van der Waals surface area contributed by atoms with E-state index >= 15 is 0 Å². The van der Waals surface area contributed by atoms with E-state index in [0.29, 0.717) is 4.90 Å². The Morgan fingerprint density at radius 3 is 2.84 bits per heavy atom. The lowest BCUT2D eigenvalue weighted by Crippen LogP contribution is -2.35. The van der Waals surface area contributed by atoms with Crippen LogP contribution in [0.2, 0.25) is 0 Å². The lowest BCUT2D eigenvalue weighted by atomic mass is 10.1. The Morgan fingerprint density at radius 2 is 2.21 bits per heavy atom. The molecule has 19 heavy (non-hydrogen) atoms. The average molecular weight is 349 g/mol. The maximum absolute atomic E-state index is 12.3.